The molecule has 3 nitrogen and oxygen atoms in total. The molecule has 0 aliphatic carbocycles. The second-order valence-corrected chi connectivity index (χ2v) is 3.24. The quantitative estimate of drug-likeness (QED) is 0.653. The first-order valence-electron chi connectivity index (χ1n) is 3.86. The molecule has 1 aromatic heterocycles. The van der Waals surface area contributed by atoms with Gasteiger partial charge in [-0.1, -0.05) is 11.6 Å². The lowest BCUT2D eigenvalue weighted by Crippen LogP contribution is -1.94. The van der Waals surface area contributed by atoms with E-state index in [0.29, 0.717) is 5.82 Å². The van der Waals surface area contributed by atoms with Crippen LogP contribution >= 0.6 is 11.6 Å². The number of benzene rings is 1. The molecule has 2 rings (SSSR count). The highest BCUT2D eigenvalue weighted by Crippen LogP contribution is 2.20. The highest BCUT2D eigenvalue weighted by Gasteiger charge is 2.02. The van der Waals surface area contributed by atoms with Crippen molar-refractivity contribution in [1.82, 2.24) is 9.97 Å². The van der Waals surface area contributed by atoms with E-state index in [2.05, 4.69) is 9.97 Å². The summed E-state index contributed by atoms with van der Waals surface area (Å²) in [6, 6.07) is 5.79. The van der Waals surface area contributed by atoms with E-state index in [1.165, 1.54) is 0 Å². The molecule has 0 atom stereocenters. The van der Waals surface area contributed by atoms with Crippen LogP contribution in [0.3, 0.4) is 0 Å². The number of nitrogen functional groups attached to an aromatic ring is 1. The Bertz CT molecular complexity index is 468. The number of rotatable bonds is 0. The zero-order valence-electron chi connectivity index (χ0n) is 7.08. The number of hydrogen-bond acceptors (Lipinski definition) is 3. The largest absolute Gasteiger partial charge is 0.383 e. The van der Waals surface area contributed by atoms with Gasteiger partial charge in [0, 0.05) is 5.39 Å². The predicted octanol–water partition coefficient (Wildman–Crippen LogP) is 2.17. The lowest BCUT2D eigenvalue weighted by atomic mass is 10.1. The predicted molar refractivity (Wildman–Crippen MR) is 53.7 cm³/mol. The van der Waals surface area contributed by atoms with Crippen LogP contribution in [0.15, 0.2) is 18.2 Å². The van der Waals surface area contributed by atoms with Gasteiger partial charge in [-0.05, 0) is 30.7 Å². The van der Waals surface area contributed by atoms with Crippen LogP contribution in [0.4, 0.5) is 5.82 Å². The first-order valence-corrected chi connectivity index (χ1v) is 4.24. The van der Waals surface area contributed by atoms with E-state index in [4.69, 9.17) is 17.3 Å². The number of aromatic nitrogens is 2. The average molecular weight is 194 g/mol. The molecule has 0 fully saturated rings. The molecule has 1 heterocycles. The van der Waals surface area contributed by atoms with Gasteiger partial charge >= 0.3 is 0 Å². The number of hydrogen-bond donors (Lipinski definition) is 1. The van der Waals surface area contributed by atoms with Crippen LogP contribution in [-0.2, 0) is 0 Å². The van der Waals surface area contributed by atoms with Gasteiger partial charge in [-0.25, -0.2) is 9.97 Å². The zero-order valence-corrected chi connectivity index (χ0v) is 7.84. The number of fused-ring (bicyclic) bond motifs is 1. The third kappa shape index (κ3) is 1.42. The van der Waals surface area contributed by atoms with Gasteiger partial charge in [0.2, 0.25) is 5.28 Å². The summed E-state index contributed by atoms with van der Waals surface area (Å²) in [5.41, 5.74) is 7.60. The van der Waals surface area contributed by atoms with Crippen molar-refractivity contribution in [2.45, 2.75) is 6.92 Å². The van der Waals surface area contributed by atoms with Gasteiger partial charge in [0.05, 0.1) is 5.52 Å². The van der Waals surface area contributed by atoms with E-state index in [1.54, 1.807) is 0 Å². The molecule has 0 unspecified atom stereocenters. The van der Waals surface area contributed by atoms with E-state index in [-0.39, 0.29) is 5.28 Å². The van der Waals surface area contributed by atoms with Crippen molar-refractivity contribution in [3.05, 3.63) is 29.0 Å². The SMILES string of the molecule is Cc1ccc2nc(Cl)nc(N)c2c1. The molecule has 4 heteroatoms. The highest BCUT2D eigenvalue weighted by atomic mass is 35.5. The second-order valence-electron chi connectivity index (χ2n) is 2.90. The lowest BCUT2D eigenvalue weighted by molar-refractivity contribution is 1.23. The maximum Gasteiger partial charge on any atom is 0.224 e. The van der Waals surface area contributed by atoms with Crippen LogP contribution < -0.4 is 5.73 Å². The Morgan fingerprint density at radius 2 is 2.08 bits per heavy atom. The van der Waals surface area contributed by atoms with Crippen LogP contribution in [0.2, 0.25) is 5.28 Å². The van der Waals surface area contributed by atoms with E-state index in [0.717, 1.165) is 16.5 Å². The van der Waals surface area contributed by atoms with Gasteiger partial charge in [0.25, 0.3) is 0 Å². The highest BCUT2D eigenvalue weighted by molar-refractivity contribution is 6.28. The minimum absolute atomic E-state index is 0.189. The molecule has 0 saturated carbocycles. The summed E-state index contributed by atoms with van der Waals surface area (Å²) in [6.07, 6.45) is 0. The summed E-state index contributed by atoms with van der Waals surface area (Å²) < 4.78 is 0. The molecule has 0 spiro atoms. The summed E-state index contributed by atoms with van der Waals surface area (Å²) in [5.74, 6) is 0.429. The normalized spacial score (nSPS) is 10.6. The summed E-state index contributed by atoms with van der Waals surface area (Å²) in [4.78, 5) is 7.93. The van der Waals surface area contributed by atoms with Gasteiger partial charge in [0.15, 0.2) is 0 Å². The van der Waals surface area contributed by atoms with Gasteiger partial charge in [-0.3, -0.25) is 0 Å². The summed E-state index contributed by atoms with van der Waals surface area (Å²) in [6.45, 7) is 1.99. The molecule has 0 aliphatic heterocycles. The average Bonchev–Trinajstić information content (AvgIpc) is 2.06. The number of nitrogens with two attached hydrogens (primary N) is 1. The monoisotopic (exact) mass is 193 g/mol. The molecule has 2 aromatic rings. The van der Waals surface area contributed by atoms with Crippen LogP contribution in [-0.4, -0.2) is 9.97 Å². The molecule has 66 valence electrons. The Balaban J connectivity index is 2.87. The standard InChI is InChI=1S/C9H8ClN3/c1-5-2-3-7-6(4-5)8(11)13-9(10)12-7/h2-4H,1H3,(H2,11,12,13). The third-order valence-corrected chi connectivity index (χ3v) is 2.02. The molecule has 0 radical (unpaired) electrons. The van der Waals surface area contributed by atoms with E-state index in [9.17, 15) is 0 Å². The van der Waals surface area contributed by atoms with E-state index >= 15 is 0 Å². The van der Waals surface area contributed by atoms with Crippen molar-refractivity contribution in [3.63, 3.8) is 0 Å². The minimum atomic E-state index is 0.189. The third-order valence-electron chi connectivity index (χ3n) is 1.85. The van der Waals surface area contributed by atoms with Crippen molar-refractivity contribution in [2.75, 3.05) is 5.73 Å². The lowest BCUT2D eigenvalue weighted by Gasteiger charge is -2.01. The summed E-state index contributed by atoms with van der Waals surface area (Å²) >= 11 is 5.66. The Labute approximate surface area is 80.6 Å². The smallest absolute Gasteiger partial charge is 0.224 e. The molecule has 13 heavy (non-hydrogen) atoms. The minimum Gasteiger partial charge on any atom is -0.383 e. The maximum atomic E-state index is 5.69. The number of anilines is 1. The van der Waals surface area contributed by atoms with E-state index < -0.39 is 0 Å². The molecule has 2 N–H and O–H groups in total. The molecule has 0 amide bonds. The zero-order chi connectivity index (χ0) is 9.42. The Morgan fingerprint density at radius 3 is 2.85 bits per heavy atom. The van der Waals surface area contributed by atoms with Crippen LogP contribution in [0.5, 0.6) is 0 Å². The van der Waals surface area contributed by atoms with Gasteiger partial charge < -0.3 is 5.73 Å². The fourth-order valence-corrected chi connectivity index (χ4v) is 1.42. The van der Waals surface area contributed by atoms with Gasteiger partial charge in [0.1, 0.15) is 5.82 Å². The first kappa shape index (κ1) is 8.26. The first-order chi connectivity index (χ1) is 6.16. The molecule has 0 saturated heterocycles. The molecule has 0 aliphatic rings. The second kappa shape index (κ2) is 2.85. The molecule has 1 aromatic carbocycles. The molecule has 0 bridgehead atoms. The number of aryl methyl sites for hydroxylation is 1. The Morgan fingerprint density at radius 1 is 1.31 bits per heavy atom. The summed E-state index contributed by atoms with van der Waals surface area (Å²) in [5, 5.41) is 1.04. The van der Waals surface area contributed by atoms with Crippen molar-refractivity contribution in [2.24, 2.45) is 0 Å². The van der Waals surface area contributed by atoms with Crippen LogP contribution in [0.1, 0.15) is 5.56 Å². The maximum absolute atomic E-state index is 5.69. The van der Waals surface area contributed by atoms with Gasteiger partial charge in [-0.15, -0.1) is 0 Å². The number of halogens is 1. The topological polar surface area (TPSA) is 51.8 Å². The van der Waals surface area contributed by atoms with Crippen molar-refractivity contribution < 1.29 is 0 Å². The molecular formula is C9H8ClN3. The molecular weight excluding hydrogens is 186 g/mol. The van der Waals surface area contributed by atoms with E-state index in [1.807, 2.05) is 25.1 Å². The number of nitrogens with zero attached hydrogens (tertiary/aromatic N) is 2. The van der Waals surface area contributed by atoms with Crippen LogP contribution in [0.25, 0.3) is 10.9 Å². The van der Waals surface area contributed by atoms with Crippen molar-refractivity contribution >= 4 is 28.3 Å². The fraction of sp³-hybridized carbons (Fsp3) is 0.111. The fourth-order valence-electron chi connectivity index (χ4n) is 1.24. The van der Waals surface area contributed by atoms with Crippen LogP contribution in [0, 0.1) is 6.92 Å². The van der Waals surface area contributed by atoms with Gasteiger partial charge in [-0.2, -0.15) is 0 Å². The Hall–Kier alpha value is -1.35. The van der Waals surface area contributed by atoms with Crippen molar-refractivity contribution in [1.29, 1.82) is 0 Å². The Kier molecular flexibility index (Phi) is 1.81. The van der Waals surface area contributed by atoms with Crippen molar-refractivity contribution in [3.8, 4) is 0 Å². The summed E-state index contributed by atoms with van der Waals surface area (Å²) in [7, 11) is 0.